The number of fused-ring (bicyclic) bond motifs is 1. The summed E-state index contributed by atoms with van der Waals surface area (Å²) < 4.78 is 22.5. The summed E-state index contributed by atoms with van der Waals surface area (Å²) >= 11 is 0. The first-order chi connectivity index (χ1) is 8.30. The number of hydrogen-bond donors (Lipinski definition) is 1. The summed E-state index contributed by atoms with van der Waals surface area (Å²) in [6.07, 6.45) is 0.637. The van der Waals surface area contributed by atoms with Crippen molar-refractivity contribution >= 4 is 21.7 Å². The van der Waals surface area contributed by atoms with Crippen LogP contribution in [0.2, 0.25) is 0 Å². The van der Waals surface area contributed by atoms with Crippen LogP contribution in [-0.2, 0) is 16.4 Å². The van der Waals surface area contributed by atoms with Crippen LogP contribution in [0.5, 0.6) is 0 Å². The Hall–Kier alpha value is -1.60. The van der Waals surface area contributed by atoms with Crippen molar-refractivity contribution in [1.82, 2.24) is 4.90 Å². The first-order valence-electron chi connectivity index (χ1n) is 5.45. The standard InChI is InChI=1S/C11H15N3O3S/c1-13(2)11(15)14-6-5-8-7-9(18(12,16)17)3-4-10(8)14/h3-4,7H,5-6H2,1-2H3,(H2,12,16,17). The highest BCUT2D eigenvalue weighted by atomic mass is 32.2. The molecule has 2 rings (SSSR count). The minimum absolute atomic E-state index is 0.0837. The van der Waals surface area contributed by atoms with E-state index in [4.69, 9.17) is 5.14 Å². The molecule has 0 saturated heterocycles. The maximum absolute atomic E-state index is 11.9. The Labute approximate surface area is 106 Å². The largest absolute Gasteiger partial charge is 0.330 e. The van der Waals surface area contributed by atoms with E-state index in [1.54, 1.807) is 25.1 Å². The number of benzene rings is 1. The Bertz CT molecular complexity index is 596. The Morgan fingerprint density at radius 3 is 2.61 bits per heavy atom. The van der Waals surface area contributed by atoms with Gasteiger partial charge in [0.05, 0.1) is 4.90 Å². The number of nitrogens with zero attached hydrogens (tertiary/aromatic N) is 2. The van der Waals surface area contributed by atoms with Crippen molar-refractivity contribution in [3.8, 4) is 0 Å². The molecule has 6 nitrogen and oxygen atoms in total. The van der Waals surface area contributed by atoms with Gasteiger partial charge >= 0.3 is 6.03 Å². The van der Waals surface area contributed by atoms with Crippen LogP contribution in [0.15, 0.2) is 23.1 Å². The van der Waals surface area contributed by atoms with Crippen molar-refractivity contribution < 1.29 is 13.2 Å². The minimum Gasteiger partial charge on any atom is -0.330 e. The fourth-order valence-electron chi connectivity index (χ4n) is 2.00. The van der Waals surface area contributed by atoms with Crippen LogP contribution in [0.25, 0.3) is 0 Å². The van der Waals surface area contributed by atoms with Gasteiger partial charge in [-0.25, -0.2) is 18.4 Å². The van der Waals surface area contributed by atoms with E-state index in [-0.39, 0.29) is 10.9 Å². The lowest BCUT2D eigenvalue weighted by atomic mass is 10.2. The molecule has 1 aromatic carbocycles. The van der Waals surface area contributed by atoms with E-state index in [2.05, 4.69) is 0 Å². The molecule has 2 N–H and O–H groups in total. The Morgan fingerprint density at radius 2 is 2.06 bits per heavy atom. The van der Waals surface area contributed by atoms with E-state index in [0.717, 1.165) is 11.3 Å². The molecular weight excluding hydrogens is 254 g/mol. The van der Waals surface area contributed by atoms with E-state index >= 15 is 0 Å². The second-order valence-electron chi connectivity index (χ2n) is 4.41. The monoisotopic (exact) mass is 269 g/mol. The molecule has 1 aliphatic rings. The van der Waals surface area contributed by atoms with Gasteiger partial charge in [0.25, 0.3) is 0 Å². The van der Waals surface area contributed by atoms with Crippen LogP contribution in [0.4, 0.5) is 10.5 Å². The van der Waals surface area contributed by atoms with E-state index in [0.29, 0.717) is 13.0 Å². The van der Waals surface area contributed by atoms with Gasteiger partial charge in [-0.3, -0.25) is 4.90 Å². The third-order valence-corrected chi connectivity index (χ3v) is 3.80. The number of hydrogen-bond acceptors (Lipinski definition) is 3. The van der Waals surface area contributed by atoms with Crippen LogP contribution in [-0.4, -0.2) is 40.0 Å². The molecule has 2 amide bonds. The highest BCUT2D eigenvalue weighted by Crippen LogP contribution is 2.30. The fourth-order valence-corrected chi connectivity index (χ4v) is 2.56. The number of urea groups is 1. The van der Waals surface area contributed by atoms with Gasteiger partial charge < -0.3 is 4.90 Å². The molecule has 0 aromatic heterocycles. The molecule has 0 saturated carbocycles. The topological polar surface area (TPSA) is 83.7 Å². The molecule has 98 valence electrons. The third-order valence-electron chi connectivity index (χ3n) is 2.89. The summed E-state index contributed by atoms with van der Waals surface area (Å²) in [5, 5.41) is 5.08. The second kappa shape index (κ2) is 4.25. The molecule has 0 bridgehead atoms. The van der Waals surface area contributed by atoms with Gasteiger partial charge in [-0.15, -0.1) is 0 Å². The van der Waals surface area contributed by atoms with Crippen LogP contribution in [0.3, 0.4) is 0 Å². The van der Waals surface area contributed by atoms with Crippen molar-refractivity contribution in [2.75, 3.05) is 25.5 Å². The molecule has 0 unspecified atom stereocenters. The molecule has 7 heteroatoms. The molecule has 0 spiro atoms. The van der Waals surface area contributed by atoms with Gasteiger partial charge in [0.2, 0.25) is 10.0 Å². The second-order valence-corrected chi connectivity index (χ2v) is 5.98. The lowest BCUT2D eigenvalue weighted by Gasteiger charge is -2.21. The van der Waals surface area contributed by atoms with E-state index in [1.807, 2.05) is 0 Å². The molecule has 0 radical (unpaired) electrons. The van der Waals surface area contributed by atoms with Gasteiger partial charge in [-0.05, 0) is 30.2 Å². The number of amides is 2. The van der Waals surface area contributed by atoms with Gasteiger partial charge in [0.15, 0.2) is 0 Å². The SMILES string of the molecule is CN(C)C(=O)N1CCc2cc(S(N)(=O)=O)ccc21. The summed E-state index contributed by atoms with van der Waals surface area (Å²) in [4.78, 5) is 15.1. The number of carbonyl (C=O) groups excluding carboxylic acids is 1. The Kier molecular flexibility index (Phi) is 3.04. The zero-order valence-corrected chi connectivity index (χ0v) is 11.1. The first-order valence-corrected chi connectivity index (χ1v) is 7.00. The fraction of sp³-hybridized carbons (Fsp3) is 0.364. The average Bonchev–Trinajstić information content (AvgIpc) is 2.69. The number of carbonyl (C=O) groups is 1. The maximum atomic E-state index is 11.9. The molecule has 18 heavy (non-hydrogen) atoms. The zero-order valence-electron chi connectivity index (χ0n) is 10.3. The number of rotatable bonds is 1. The van der Waals surface area contributed by atoms with Crippen LogP contribution < -0.4 is 10.0 Å². The highest BCUT2D eigenvalue weighted by molar-refractivity contribution is 7.89. The third kappa shape index (κ3) is 2.19. The first kappa shape index (κ1) is 12.8. The van der Waals surface area contributed by atoms with Crippen molar-refractivity contribution in [3.63, 3.8) is 0 Å². The molecule has 1 aliphatic heterocycles. The number of nitrogens with two attached hydrogens (primary N) is 1. The lowest BCUT2D eigenvalue weighted by molar-refractivity contribution is 0.224. The maximum Gasteiger partial charge on any atom is 0.323 e. The van der Waals surface area contributed by atoms with Crippen molar-refractivity contribution in [2.45, 2.75) is 11.3 Å². The van der Waals surface area contributed by atoms with Gasteiger partial charge in [-0.1, -0.05) is 0 Å². The summed E-state index contributed by atoms with van der Waals surface area (Å²) in [6.45, 7) is 0.556. The molecule has 0 atom stereocenters. The quantitative estimate of drug-likeness (QED) is 0.800. The summed E-state index contributed by atoms with van der Waals surface area (Å²) in [6, 6.07) is 4.48. The summed E-state index contributed by atoms with van der Waals surface area (Å²) in [5.74, 6) is 0. The van der Waals surface area contributed by atoms with Crippen LogP contribution in [0.1, 0.15) is 5.56 Å². The predicted molar refractivity (Wildman–Crippen MR) is 67.9 cm³/mol. The smallest absolute Gasteiger partial charge is 0.323 e. The van der Waals surface area contributed by atoms with Gasteiger partial charge in [0, 0.05) is 26.3 Å². The normalized spacial score (nSPS) is 14.5. The number of primary sulfonamides is 1. The molecule has 0 aliphatic carbocycles. The number of sulfonamides is 1. The molecule has 0 fully saturated rings. The zero-order chi connectivity index (χ0) is 13.5. The minimum atomic E-state index is -3.69. The van der Waals surface area contributed by atoms with Crippen molar-refractivity contribution in [1.29, 1.82) is 0 Å². The molecule has 1 aromatic rings. The molecular formula is C11H15N3O3S. The van der Waals surface area contributed by atoms with Crippen molar-refractivity contribution in [2.24, 2.45) is 5.14 Å². The predicted octanol–water partition coefficient (Wildman–Crippen LogP) is 0.378. The lowest BCUT2D eigenvalue weighted by Crippen LogP contribution is -2.38. The molecule has 1 heterocycles. The summed E-state index contributed by atoms with van der Waals surface area (Å²) in [7, 11) is -0.333. The highest BCUT2D eigenvalue weighted by Gasteiger charge is 2.26. The number of anilines is 1. The average molecular weight is 269 g/mol. The summed E-state index contributed by atoms with van der Waals surface area (Å²) in [5.41, 5.74) is 1.58. The van der Waals surface area contributed by atoms with Gasteiger partial charge in [-0.2, -0.15) is 0 Å². The van der Waals surface area contributed by atoms with Gasteiger partial charge in [0.1, 0.15) is 0 Å². The van der Waals surface area contributed by atoms with E-state index < -0.39 is 10.0 Å². The Balaban J connectivity index is 2.40. The van der Waals surface area contributed by atoms with Crippen LogP contribution >= 0.6 is 0 Å². The van der Waals surface area contributed by atoms with Crippen molar-refractivity contribution in [3.05, 3.63) is 23.8 Å². The van der Waals surface area contributed by atoms with E-state index in [9.17, 15) is 13.2 Å². The Morgan fingerprint density at radius 1 is 1.39 bits per heavy atom. The van der Waals surface area contributed by atoms with E-state index in [1.165, 1.54) is 17.0 Å². The van der Waals surface area contributed by atoms with Crippen LogP contribution in [0, 0.1) is 0 Å².